The van der Waals surface area contributed by atoms with Crippen LogP contribution in [0.5, 0.6) is 0 Å². The number of nitrogens with two attached hydrogens (primary N) is 1. The second kappa shape index (κ2) is 5.63. The van der Waals surface area contributed by atoms with Crippen LogP contribution in [0.2, 0.25) is 0 Å². The van der Waals surface area contributed by atoms with Crippen LogP contribution in [0.25, 0.3) is 0 Å². The third kappa shape index (κ3) is 3.17. The lowest BCUT2D eigenvalue weighted by molar-refractivity contribution is -0.126. The van der Waals surface area contributed by atoms with E-state index in [4.69, 9.17) is 5.73 Å². The summed E-state index contributed by atoms with van der Waals surface area (Å²) >= 11 is 0. The molecule has 0 aliphatic carbocycles. The molecule has 5 heteroatoms. The van der Waals surface area contributed by atoms with Crippen molar-refractivity contribution in [2.24, 2.45) is 11.1 Å². The number of benzene rings is 1. The molecule has 1 atom stereocenters. The number of rotatable bonds is 4. The molecule has 1 aliphatic heterocycles. The second-order valence-corrected chi connectivity index (χ2v) is 5.87. The van der Waals surface area contributed by atoms with Gasteiger partial charge in [-0.1, -0.05) is 18.2 Å². The van der Waals surface area contributed by atoms with Gasteiger partial charge in [-0.3, -0.25) is 9.59 Å². The number of anilines is 1. The number of amides is 2. The maximum absolute atomic E-state index is 12.2. The molecule has 2 amide bonds. The molecule has 1 aromatic rings. The fraction of sp³-hybridized carbons (Fsp3) is 0.467. The topological polar surface area (TPSA) is 84.2 Å². The van der Waals surface area contributed by atoms with Gasteiger partial charge >= 0.3 is 0 Å². The Morgan fingerprint density at radius 2 is 2.15 bits per heavy atom. The molecule has 0 saturated carbocycles. The van der Waals surface area contributed by atoms with E-state index >= 15 is 0 Å². The van der Waals surface area contributed by atoms with Crippen molar-refractivity contribution in [3.63, 3.8) is 0 Å². The summed E-state index contributed by atoms with van der Waals surface area (Å²) in [6, 6.07) is 7.49. The molecule has 0 bridgehead atoms. The molecule has 0 radical (unpaired) electrons. The van der Waals surface area contributed by atoms with Gasteiger partial charge in [0.1, 0.15) is 0 Å². The molecule has 1 aromatic carbocycles. The highest BCUT2D eigenvalue weighted by Crippen LogP contribution is 2.22. The van der Waals surface area contributed by atoms with Crippen LogP contribution in [0.4, 0.5) is 5.69 Å². The van der Waals surface area contributed by atoms with Crippen molar-refractivity contribution in [1.82, 2.24) is 5.32 Å². The predicted octanol–water partition coefficient (Wildman–Crippen LogP) is 1.04. The maximum atomic E-state index is 12.2. The Bertz CT molecular complexity index is 526. The summed E-state index contributed by atoms with van der Waals surface area (Å²) in [4.78, 5) is 23.5. The number of primary amides is 1. The first-order valence-corrected chi connectivity index (χ1v) is 6.82. The summed E-state index contributed by atoms with van der Waals surface area (Å²) in [6.45, 7) is 3.92. The summed E-state index contributed by atoms with van der Waals surface area (Å²) in [7, 11) is 0. The van der Waals surface area contributed by atoms with Crippen LogP contribution in [0.1, 0.15) is 25.8 Å². The Balaban J connectivity index is 2.02. The normalized spacial score (nSPS) is 18.9. The van der Waals surface area contributed by atoms with E-state index < -0.39 is 5.41 Å². The number of carbonyl (C=O) groups is 2. The van der Waals surface area contributed by atoms with E-state index in [1.807, 2.05) is 24.3 Å². The van der Waals surface area contributed by atoms with E-state index in [9.17, 15) is 9.59 Å². The van der Waals surface area contributed by atoms with Crippen molar-refractivity contribution in [2.75, 3.05) is 11.9 Å². The minimum absolute atomic E-state index is 0.0600. The predicted molar refractivity (Wildman–Crippen MR) is 78.2 cm³/mol. The van der Waals surface area contributed by atoms with Gasteiger partial charge in [-0.2, -0.15) is 0 Å². The van der Waals surface area contributed by atoms with Gasteiger partial charge in [0.2, 0.25) is 11.8 Å². The molecule has 4 N–H and O–H groups in total. The molecule has 1 heterocycles. The zero-order valence-electron chi connectivity index (χ0n) is 11.9. The molecule has 1 aliphatic rings. The van der Waals surface area contributed by atoms with E-state index in [0.717, 1.165) is 17.7 Å². The van der Waals surface area contributed by atoms with Crippen molar-refractivity contribution < 1.29 is 9.59 Å². The third-order valence-electron chi connectivity index (χ3n) is 3.75. The quantitative estimate of drug-likeness (QED) is 0.767. The summed E-state index contributed by atoms with van der Waals surface area (Å²) in [5, 5.41) is 6.08. The minimum Gasteiger partial charge on any atom is -0.369 e. The van der Waals surface area contributed by atoms with Crippen LogP contribution in [0.3, 0.4) is 0 Å². The van der Waals surface area contributed by atoms with Crippen LogP contribution < -0.4 is 16.4 Å². The van der Waals surface area contributed by atoms with Crippen LogP contribution >= 0.6 is 0 Å². The number of aryl methyl sites for hydroxylation is 1. The first-order chi connectivity index (χ1) is 9.40. The molecule has 5 nitrogen and oxygen atoms in total. The first kappa shape index (κ1) is 14.5. The van der Waals surface area contributed by atoms with Crippen LogP contribution in [-0.4, -0.2) is 24.4 Å². The Labute approximate surface area is 118 Å². The number of nitrogens with one attached hydrogen (secondary N) is 2. The van der Waals surface area contributed by atoms with Crippen molar-refractivity contribution in [2.45, 2.75) is 32.7 Å². The van der Waals surface area contributed by atoms with Gasteiger partial charge in [-0.15, -0.1) is 0 Å². The summed E-state index contributed by atoms with van der Waals surface area (Å²) in [5.41, 5.74) is 6.68. The lowest BCUT2D eigenvalue weighted by atomic mass is 9.92. The highest BCUT2D eigenvalue weighted by Gasteiger charge is 2.29. The van der Waals surface area contributed by atoms with Crippen molar-refractivity contribution in [1.29, 1.82) is 0 Å². The number of carbonyl (C=O) groups excluding carboxylic acids is 2. The van der Waals surface area contributed by atoms with Crippen molar-refractivity contribution in [3.8, 4) is 0 Å². The van der Waals surface area contributed by atoms with E-state index in [1.165, 1.54) is 0 Å². The lowest BCUT2D eigenvalue weighted by Crippen LogP contribution is -2.47. The molecular formula is C15H21N3O2. The zero-order valence-corrected chi connectivity index (χ0v) is 11.9. The molecule has 108 valence electrons. The van der Waals surface area contributed by atoms with Gasteiger partial charge in [0.05, 0.1) is 11.5 Å². The van der Waals surface area contributed by atoms with E-state index in [0.29, 0.717) is 13.0 Å². The summed E-state index contributed by atoms with van der Waals surface area (Å²) in [5.74, 6) is -0.433. The molecule has 20 heavy (non-hydrogen) atoms. The van der Waals surface area contributed by atoms with E-state index in [-0.39, 0.29) is 17.9 Å². The van der Waals surface area contributed by atoms with Crippen molar-refractivity contribution in [3.05, 3.63) is 29.8 Å². The van der Waals surface area contributed by atoms with Crippen LogP contribution in [0, 0.1) is 5.41 Å². The Morgan fingerprint density at radius 1 is 1.45 bits per heavy atom. The van der Waals surface area contributed by atoms with E-state index in [1.54, 1.807) is 13.8 Å². The highest BCUT2D eigenvalue weighted by atomic mass is 16.2. The van der Waals surface area contributed by atoms with Crippen LogP contribution in [-0.2, 0) is 16.0 Å². The van der Waals surface area contributed by atoms with Gasteiger partial charge in [0, 0.05) is 12.2 Å². The average molecular weight is 275 g/mol. The van der Waals surface area contributed by atoms with Crippen molar-refractivity contribution >= 4 is 17.5 Å². The van der Waals surface area contributed by atoms with Crippen LogP contribution in [0.15, 0.2) is 24.3 Å². The molecule has 0 spiro atoms. The second-order valence-electron chi connectivity index (χ2n) is 5.87. The van der Waals surface area contributed by atoms with Gasteiger partial charge < -0.3 is 16.4 Å². The Hall–Kier alpha value is -1.88. The Kier molecular flexibility index (Phi) is 4.09. The molecular weight excluding hydrogens is 254 g/mol. The Morgan fingerprint density at radius 3 is 2.85 bits per heavy atom. The number of hydrogen-bond acceptors (Lipinski definition) is 3. The number of hydrogen-bond donors (Lipinski definition) is 3. The molecule has 0 saturated heterocycles. The standard InChI is InChI=1S/C15H21N3O2/c1-15(2,14(16)20)9-17-12-8-7-10-5-3-4-6-11(10)18-13(12)19/h3-6,12,17H,7-9H2,1-2H3,(H2,16,20)(H,18,19). The van der Waals surface area contributed by atoms with Gasteiger partial charge in [-0.05, 0) is 38.3 Å². The highest BCUT2D eigenvalue weighted by molar-refractivity contribution is 5.96. The van der Waals surface area contributed by atoms with Gasteiger partial charge in [-0.25, -0.2) is 0 Å². The van der Waals surface area contributed by atoms with Gasteiger partial charge in [0.25, 0.3) is 0 Å². The number of fused-ring (bicyclic) bond motifs is 1. The molecule has 2 rings (SSSR count). The van der Waals surface area contributed by atoms with E-state index in [2.05, 4.69) is 10.6 Å². The van der Waals surface area contributed by atoms with Gasteiger partial charge in [0.15, 0.2) is 0 Å². The smallest absolute Gasteiger partial charge is 0.241 e. The minimum atomic E-state index is -0.667. The zero-order chi connectivity index (χ0) is 14.8. The molecule has 1 unspecified atom stereocenters. The summed E-state index contributed by atoms with van der Waals surface area (Å²) < 4.78 is 0. The fourth-order valence-electron chi connectivity index (χ4n) is 2.17. The fourth-order valence-corrected chi connectivity index (χ4v) is 2.17. The number of para-hydroxylation sites is 1. The molecule has 0 fully saturated rings. The molecule has 0 aromatic heterocycles. The third-order valence-corrected chi connectivity index (χ3v) is 3.75. The summed E-state index contributed by atoms with van der Waals surface area (Å²) in [6.07, 6.45) is 1.53. The average Bonchev–Trinajstić information content (AvgIpc) is 2.55. The largest absolute Gasteiger partial charge is 0.369 e. The first-order valence-electron chi connectivity index (χ1n) is 6.82. The lowest BCUT2D eigenvalue weighted by Gasteiger charge is -2.24. The monoisotopic (exact) mass is 275 g/mol. The SMILES string of the molecule is CC(C)(CNC1CCc2ccccc2NC1=O)C(N)=O. The maximum Gasteiger partial charge on any atom is 0.241 e.